The highest BCUT2D eigenvalue weighted by Gasteiger charge is 2.25. The lowest BCUT2D eigenvalue weighted by molar-refractivity contribution is -0.155. The molecule has 110 valence electrons. The fraction of sp³-hybridized carbons (Fsp3) is 0.706. The SMILES string of the molecule is C=CC(C)(CCC=C(C)C)OC(=O)CC(C)CCC. The number of esters is 1. The first-order valence-corrected chi connectivity index (χ1v) is 7.31. The van der Waals surface area contributed by atoms with E-state index in [-0.39, 0.29) is 5.97 Å². The number of carbonyl (C=O) groups is 1. The molecule has 2 atom stereocenters. The molecule has 0 aromatic rings. The molecule has 0 rings (SSSR count). The third-order valence-electron chi connectivity index (χ3n) is 3.27. The highest BCUT2D eigenvalue weighted by molar-refractivity contribution is 5.70. The van der Waals surface area contributed by atoms with E-state index < -0.39 is 5.60 Å². The molecule has 19 heavy (non-hydrogen) atoms. The van der Waals surface area contributed by atoms with E-state index in [1.807, 2.05) is 6.92 Å². The molecule has 0 saturated heterocycles. The van der Waals surface area contributed by atoms with Crippen molar-refractivity contribution >= 4 is 5.97 Å². The third-order valence-corrected chi connectivity index (χ3v) is 3.27. The lowest BCUT2D eigenvalue weighted by atomic mass is 9.98. The maximum absolute atomic E-state index is 11.9. The van der Waals surface area contributed by atoms with Crippen molar-refractivity contribution in [3.63, 3.8) is 0 Å². The van der Waals surface area contributed by atoms with E-state index in [9.17, 15) is 4.79 Å². The Labute approximate surface area is 118 Å². The molecule has 0 aromatic heterocycles. The Hall–Kier alpha value is -1.05. The summed E-state index contributed by atoms with van der Waals surface area (Å²) in [6, 6.07) is 0. The standard InChI is InChI=1S/C17H30O2/c1-7-10-15(5)13-16(18)19-17(6,8-2)12-9-11-14(3)4/h8,11,15H,2,7,9-10,12-13H2,1,3-6H3. The monoisotopic (exact) mass is 266 g/mol. The van der Waals surface area contributed by atoms with Gasteiger partial charge in [0.2, 0.25) is 0 Å². The summed E-state index contributed by atoms with van der Waals surface area (Å²) in [6.07, 6.45) is 8.27. The fourth-order valence-corrected chi connectivity index (χ4v) is 2.02. The van der Waals surface area contributed by atoms with E-state index >= 15 is 0 Å². The lowest BCUT2D eigenvalue weighted by Crippen LogP contribution is -2.29. The number of hydrogen-bond acceptors (Lipinski definition) is 2. The van der Waals surface area contributed by atoms with Crippen LogP contribution in [-0.4, -0.2) is 11.6 Å². The van der Waals surface area contributed by atoms with Gasteiger partial charge in [-0.2, -0.15) is 0 Å². The average Bonchev–Trinajstić information content (AvgIpc) is 2.28. The molecule has 0 fully saturated rings. The van der Waals surface area contributed by atoms with E-state index in [1.165, 1.54) is 5.57 Å². The molecule has 0 radical (unpaired) electrons. The van der Waals surface area contributed by atoms with Crippen molar-refractivity contribution in [2.45, 2.75) is 72.3 Å². The van der Waals surface area contributed by atoms with Crippen LogP contribution < -0.4 is 0 Å². The van der Waals surface area contributed by atoms with Crippen LogP contribution in [0.3, 0.4) is 0 Å². The van der Waals surface area contributed by atoms with Crippen LogP contribution in [0.25, 0.3) is 0 Å². The van der Waals surface area contributed by atoms with Gasteiger partial charge in [-0.15, -0.1) is 0 Å². The van der Waals surface area contributed by atoms with Gasteiger partial charge in [-0.05, 0) is 45.6 Å². The lowest BCUT2D eigenvalue weighted by Gasteiger charge is -2.26. The Kier molecular flexibility index (Phi) is 8.46. The summed E-state index contributed by atoms with van der Waals surface area (Å²) in [7, 11) is 0. The van der Waals surface area contributed by atoms with Crippen LogP contribution in [0.15, 0.2) is 24.3 Å². The van der Waals surface area contributed by atoms with E-state index in [0.29, 0.717) is 12.3 Å². The van der Waals surface area contributed by atoms with Crippen molar-refractivity contribution < 1.29 is 9.53 Å². The van der Waals surface area contributed by atoms with Crippen LogP contribution in [-0.2, 0) is 9.53 Å². The summed E-state index contributed by atoms with van der Waals surface area (Å²) < 4.78 is 5.60. The summed E-state index contributed by atoms with van der Waals surface area (Å²) in [4.78, 5) is 11.9. The zero-order valence-electron chi connectivity index (χ0n) is 13.3. The van der Waals surface area contributed by atoms with Crippen molar-refractivity contribution in [2.24, 2.45) is 5.92 Å². The number of rotatable bonds is 9. The minimum atomic E-state index is -0.547. The van der Waals surface area contributed by atoms with Gasteiger partial charge in [-0.25, -0.2) is 0 Å². The van der Waals surface area contributed by atoms with Gasteiger partial charge in [0.05, 0.1) is 0 Å². The minimum absolute atomic E-state index is 0.111. The van der Waals surface area contributed by atoms with Gasteiger partial charge in [0.25, 0.3) is 0 Å². The van der Waals surface area contributed by atoms with Gasteiger partial charge in [-0.3, -0.25) is 4.79 Å². The van der Waals surface area contributed by atoms with E-state index in [1.54, 1.807) is 6.08 Å². The van der Waals surface area contributed by atoms with E-state index in [0.717, 1.165) is 25.7 Å². The number of carbonyl (C=O) groups excluding carboxylic acids is 1. The minimum Gasteiger partial charge on any atom is -0.455 e. The first kappa shape index (κ1) is 17.9. The first-order chi connectivity index (χ1) is 8.83. The Bertz CT molecular complexity index is 313. The van der Waals surface area contributed by atoms with Gasteiger partial charge >= 0.3 is 5.97 Å². The number of ether oxygens (including phenoxy) is 1. The van der Waals surface area contributed by atoms with Crippen molar-refractivity contribution in [3.05, 3.63) is 24.3 Å². The molecule has 0 bridgehead atoms. The summed E-state index contributed by atoms with van der Waals surface area (Å²) in [6.45, 7) is 14.1. The molecule has 0 aliphatic carbocycles. The summed E-state index contributed by atoms with van der Waals surface area (Å²) in [5.74, 6) is 0.282. The molecule has 2 nitrogen and oxygen atoms in total. The van der Waals surface area contributed by atoms with Crippen molar-refractivity contribution in [3.8, 4) is 0 Å². The Morgan fingerprint density at radius 2 is 2.05 bits per heavy atom. The predicted octanol–water partition coefficient (Wildman–Crippen LogP) is 5.05. The highest BCUT2D eigenvalue weighted by atomic mass is 16.6. The van der Waals surface area contributed by atoms with E-state index in [2.05, 4.69) is 40.3 Å². The van der Waals surface area contributed by atoms with Crippen LogP contribution in [0.1, 0.15) is 66.7 Å². The van der Waals surface area contributed by atoms with Crippen molar-refractivity contribution in [1.29, 1.82) is 0 Å². The summed E-state index contributed by atoms with van der Waals surface area (Å²) >= 11 is 0. The van der Waals surface area contributed by atoms with Crippen LogP contribution in [0.4, 0.5) is 0 Å². The van der Waals surface area contributed by atoms with Gasteiger partial charge in [0, 0.05) is 6.42 Å². The first-order valence-electron chi connectivity index (χ1n) is 7.31. The van der Waals surface area contributed by atoms with Crippen LogP contribution in [0, 0.1) is 5.92 Å². The smallest absolute Gasteiger partial charge is 0.306 e. The Morgan fingerprint density at radius 1 is 1.42 bits per heavy atom. The molecule has 0 aliphatic rings. The molecule has 0 amide bonds. The van der Waals surface area contributed by atoms with Crippen LogP contribution in [0.5, 0.6) is 0 Å². The Morgan fingerprint density at radius 3 is 2.53 bits per heavy atom. The molecule has 0 saturated carbocycles. The van der Waals surface area contributed by atoms with E-state index in [4.69, 9.17) is 4.74 Å². The Balaban J connectivity index is 4.32. The zero-order valence-corrected chi connectivity index (χ0v) is 13.3. The second-order valence-electron chi connectivity index (χ2n) is 5.91. The molecular formula is C17H30O2. The quantitative estimate of drug-likeness (QED) is 0.431. The normalized spacial score (nSPS) is 15.2. The topological polar surface area (TPSA) is 26.3 Å². The predicted molar refractivity (Wildman–Crippen MR) is 82.0 cm³/mol. The van der Waals surface area contributed by atoms with Crippen LogP contribution in [0.2, 0.25) is 0 Å². The molecule has 2 heteroatoms. The fourth-order valence-electron chi connectivity index (χ4n) is 2.02. The molecule has 0 aromatic carbocycles. The molecular weight excluding hydrogens is 236 g/mol. The summed E-state index contributed by atoms with van der Waals surface area (Å²) in [5.41, 5.74) is 0.740. The van der Waals surface area contributed by atoms with Crippen molar-refractivity contribution in [2.75, 3.05) is 0 Å². The molecule has 0 spiro atoms. The largest absolute Gasteiger partial charge is 0.455 e. The highest BCUT2D eigenvalue weighted by Crippen LogP contribution is 2.22. The van der Waals surface area contributed by atoms with Gasteiger partial charge in [0.15, 0.2) is 0 Å². The van der Waals surface area contributed by atoms with Gasteiger partial charge < -0.3 is 4.74 Å². The molecule has 2 unspecified atom stereocenters. The molecule has 0 aliphatic heterocycles. The number of hydrogen-bond donors (Lipinski definition) is 0. The van der Waals surface area contributed by atoms with Crippen LogP contribution >= 0.6 is 0 Å². The number of allylic oxidation sites excluding steroid dienone is 2. The molecule has 0 heterocycles. The van der Waals surface area contributed by atoms with Crippen molar-refractivity contribution in [1.82, 2.24) is 0 Å². The van der Waals surface area contributed by atoms with Gasteiger partial charge in [0.1, 0.15) is 5.60 Å². The maximum atomic E-state index is 11.9. The third kappa shape index (κ3) is 8.63. The summed E-state index contributed by atoms with van der Waals surface area (Å²) in [5, 5.41) is 0. The average molecular weight is 266 g/mol. The molecule has 0 N–H and O–H groups in total. The maximum Gasteiger partial charge on any atom is 0.306 e. The second kappa shape index (κ2) is 8.95. The zero-order chi connectivity index (χ0) is 14.9. The van der Waals surface area contributed by atoms with Gasteiger partial charge in [-0.1, -0.05) is 44.9 Å². The second-order valence-corrected chi connectivity index (χ2v) is 5.91.